The maximum Gasteiger partial charge on any atom is 0.522 e. The molecule has 0 radical (unpaired) electrons. The van der Waals surface area contributed by atoms with Crippen LogP contribution in [0.15, 0.2) is 0 Å². The molecule has 0 spiro atoms. The lowest BCUT2D eigenvalue weighted by atomic mass is 9.82. The van der Waals surface area contributed by atoms with Crippen LogP contribution in [0.1, 0.15) is 32.1 Å². The Morgan fingerprint density at radius 1 is 1.10 bits per heavy atom. The van der Waals surface area contributed by atoms with Gasteiger partial charge in [0, 0.05) is 12.5 Å². The average molecular weight is 294 g/mol. The minimum absolute atomic E-state index is 0.0944. The molecule has 1 saturated carbocycles. The number of rotatable bonds is 3. The summed E-state index contributed by atoms with van der Waals surface area (Å²) in [7, 11) is 0. The van der Waals surface area contributed by atoms with Crippen molar-refractivity contribution in [2.24, 2.45) is 5.92 Å². The Kier molecular flexibility index (Phi) is 4.64. The van der Waals surface area contributed by atoms with E-state index in [9.17, 15) is 13.2 Å². The molecule has 0 aromatic carbocycles. The van der Waals surface area contributed by atoms with E-state index in [0.717, 1.165) is 12.8 Å². The van der Waals surface area contributed by atoms with Crippen molar-refractivity contribution in [3.8, 4) is 0 Å². The summed E-state index contributed by atoms with van der Waals surface area (Å²) in [5.41, 5.74) is 0. The van der Waals surface area contributed by atoms with E-state index in [1.165, 1.54) is 0 Å². The van der Waals surface area contributed by atoms with Gasteiger partial charge < -0.3 is 9.47 Å². The molecule has 1 aliphatic heterocycles. The van der Waals surface area contributed by atoms with Crippen molar-refractivity contribution in [2.45, 2.75) is 50.7 Å². The molecule has 8 heteroatoms. The minimum atomic E-state index is -4.64. The van der Waals surface area contributed by atoms with Crippen molar-refractivity contribution in [1.29, 1.82) is 10.8 Å². The first-order valence-corrected chi connectivity index (χ1v) is 6.56. The molecule has 1 atom stereocenters. The van der Waals surface area contributed by atoms with Gasteiger partial charge in [0.25, 0.3) is 0 Å². The summed E-state index contributed by atoms with van der Waals surface area (Å²) in [5, 5.41) is 15.4. The Bertz CT molecular complexity index is 375. The molecule has 1 aliphatic carbocycles. The third kappa shape index (κ3) is 4.17. The van der Waals surface area contributed by atoms with Gasteiger partial charge in [-0.05, 0) is 32.1 Å². The summed E-state index contributed by atoms with van der Waals surface area (Å²) in [6.45, 7) is 0.564. The third-order valence-corrected chi connectivity index (χ3v) is 3.46. The first-order chi connectivity index (χ1) is 9.35. The average Bonchev–Trinajstić information content (AvgIpc) is 2.33. The maximum atomic E-state index is 12.0. The molecule has 2 aliphatic rings. The molecular formula is C12H17F3N2O3. The lowest BCUT2D eigenvalue weighted by Gasteiger charge is -2.35. The molecule has 2 rings (SSSR count). The van der Waals surface area contributed by atoms with Crippen molar-refractivity contribution in [3.63, 3.8) is 0 Å². The van der Waals surface area contributed by atoms with Crippen LogP contribution in [0.5, 0.6) is 0 Å². The number of hydrogen-bond donors (Lipinski definition) is 2. The van der Waals surface area contributed by atoms with Crippen LogP contribution in [0.4, 0.5) is 13.2 Å². The molecule has 2 N–H and O–H groups in total. The summed E-state index contributed by atoms with van der Waals surface area (Å²) >= 11 is 0. The normalized spacial score (nSPS) is 30.4. The highest BCUT2D eigenvalue weighted by Crippen LogP contribution is 2.35. The lowest BCUT2D eigenvalue weighted by molar-refractivity contribution is -0.352. The van der Waals surface area contributed by atoms with Gasteiger partial charge in [0.2, 0.25) is 5.90 Å². The van der Waals surface area contributed by atoms with Crippen LogP contribution < -0.4 is 0 Å². The maximum absolute atomic E-state index is 12.0. The van der Waals surface area contributed by atoms with Gasteiger partial charge in [0.05, 0.1) is 6.10 Å². The molecule has 1 saturated heterocycles. The highest BCUT2D eigenvalue weighted by atomic mass is 19.4. The van der Waals surface area contributed by atoms with Crippen LogP contribution in [0.2, 0.25) is 0 Å². The van der Waals surface area contributed by atoms with Gasteiger partial charge in [-0.15, -0.1) is 13.2 Å². The van der Waals surface area contributed by atoms with Crippen molar-refractivity contribution in [1.82, 2.24) is 0 Å². The van der Waals surface area contributed by atoms with E-state index >= 15 is 0 Å². The van der Waals surface area contributed by atoms with Crippen LogP contribution in [0.25, 0.3) is 0 Å². The Morgan fingerprint density at radius 3 is 2.35 bits per heavy atom. The fourth-order valence-electron chi connectivity index (χ4n) is 2.28. The fraction of sp³-hybridized carbons (Fsp3) is 0.833. The van der Waals surface area contributed by atoms with Crippen LogP contribution in [-0.2, 0) is 14.2 Å². The zero-order valence-electron chi connectivity index (χ0n) is 10.8. The summed E-state index contributed by atoms with van der Waals surface area (Å²) in [4.78, 5) is 0. The monoisotopic (exact) mass is 294 g/mol. The first-order valence-electron chi connectivity index (χ1n) is 6.56. The third-order valence-electron chi connectivity index (χ3n) is 3.46. The molecule has 2 fully saturated rings. The molecule has 114 valence electrons. The van der Waals surface area contributed by atoms with E-state index < -0.39 is 24.5 Å². The molecule has 0 unspecified atom stereocenters. The van der Waals surface area contributed by atoms with Crippen molar-refractivity contribution < 1.29 is 27.4 Å². The van der Waals surface area contributed by atoms with Crippen LogP contribution >= 0.6 is 0 Å². The van der Waals surface area contributed by atoms with Gasteiger partial charge in [-0.2, -0.15) is 0 Å². The standard InChI is InChI=1S/C12H17F3N2O3/c13-12(14,15)20-8-5-7(6-8)10(16)19-11(17)9-3-1-2-4-18-9/h7-9,16-17H,1-6H2/t7?,8?,9-/m0/s1. The number of nitrogens with one attached hydrogen (secondary N) is 2. The van der Waals surface area contributed by atoms with Crippen LogP contribution in [0, 0.1) is 16.7 Å². The zero-order chi connectivity index (χ0) is 14.8. The lowest BCUT2D eigenvalue weighted by Crippen LogP contribution is -2.41. The highest BCUT2D eigenvalue weighted by Gasteiger charge is 2.42. The second-order valence-electron chi connectivity index (χ2n) is 5.04. The molecular weight excluding hydrogens is 277 g/mol. The molecule has 0 bridgehead atoms. The van der Waals surface area contributed by atoms with Crippen LogP contribution in [-0.4, -0.2) is 37.0 Å². The van der Waals surface area contributed by atoms with E-state index in [2.05, 4.69) is 4.74 Å². The molecule has 20 heavy (non-hydrogen) atoms. The highest BCUT2D eigenvalue weighted by molar-refractivity contribution is 5.92. The number of alkyl halides is 3. The van der Waals surface area contributed by atoms with Gasteiger partial charge in [-0.25, -0.2) is 0 Å². The molecule has 5 nitrogen and oxygen atoms in total. The van der Waals surface area contributed by atoms with E-state index in [1.807, 2.05) is 0 Å². The quantitative estimate of drug-likeness (QED) is 0.621. The molecule has 1 heterocycles. The topological polar surface area (TPSA) is 75.4 Å². The number of hydrogen-bond acceptors (Lipinski definition) is 5. The Balaban J connectivity index is 1.70. The van der Waals surface area contributed by atoms with E-state index in [0.29, 0.717) is 13.0 Å². The van der Waals surface area contributed by atoms with Gasteiger partial charge >= 0.3 is 6.36 Å². The van der Waals surface area contributed by atoms with Gasteiger partial charge in [-0.3, -0.25) is 15.6 Å². The van der Waals surface area contributed by atoms with E-state index in [-0.39, 0.29) is 24.6 Å². The summed E-state index contributed by atoms with van der Waals surface area (Å²) in [6, 6.07) is 0. The summed E-state index contributed by atoms with van der Waals surface area (Å²) in [5.74, 6) is -0.715. The summed E-state index contributed by atoms with van der Waals surface area (Å²) in [6.07, 6.45) is -3.24. The van der Waals surface area contributed by atoms with Gasteiger partial charge in [0.1, 0.15) is 6.10 Å². The van der Waals surface area contributed by atoms with Crippen LogP contribution in [0.3, 0.4) is 0 Å². The molecule has 0 aromatic heterocycles. The predicted molar refractivity (Wildman–Crippen MR) is 63.8 cm³/mol. The zero-order valence-corrected chi connectivity index (χ0v) is 10.8. The molecule has 0 amide bonds. The van der Waals surface area contributed by atoms with Crippen molar-refractivity contribution in [3.05, 3.63) is 0 Å². The second-order valence-corrected chi connectivity index (χ2v) is 5.04. The smallest absolute Gasteiger partial charge is 0.427 e. The Labute approximate surface area is 114 Å². The number of halogens is 3. The number of ether oxygens (including phenoxy) is 3. The second kappa shape index (κ2) is 6.09. The van der Waals surface area contributed by atoms with Crippen molar-refractivity contribution >= 4 is 11.8 Å². The predicted octanol–water partition coefficient (Wildman–Crippen LogP) is 2.84. The van der Waals surface area contributed by atoms with Gasteiger partial charge in [0.15, 0.2) is 5.90 Å². The first kappa shape index (κ1) is 15.2. The van der Waals surface area contributed by atoms with E-state index in [4.69, 9.17) is 20.3 Å². The Hall–Kier alpha value is -1.15. The largest absolute Gasteiger partial charge is 0.522 e. The minimum Gasteiger partial charge on any atom is -0.427 e. The Morgan fingerprint density at radius 2 is 1.80 bits per heavy atom. The summed E-state index contributed by atoms with van der Waals surface area (Å²) < 4.78 is 50.1. The van der Waals surface area contributed by atoms with Gasteiger partial charge in [-0.1, -0.05) is 0 Å². The van der Waals surface area contributed by atoms with Crippen molar-refractivity contribution in [2.75, 3.05) is 6.61 Å². The molecule has 0 aromatic rings. The fourth-order valence-corrected chi connectivity index (χ4v) is 2.28. The van der Waals surface area contributed by atoms with E-state index in [1.54, 1.807) is 0 Å². The SMILES string of the molecule is N=C(OC(=N)[C@@H]1CCCCO1)C1CC(OC(F)(F)F)C1.